The zero-order valence-corrected chi connectivity index (χ0v) is 14.4. The quantitative estimate of drug-likeness (QED) is 0.759. The van der Waals surface area contributed by atoms with Crippen molar-refractivity contribution in [2.75, 3.05) is 24.3 Å². The number of carbonyl (C=O) groups is 1. The third-order valence-corrected chi connectivity index (χ3v) is 4.44. The molecule has 0 fully saturated rings. The van der Waals surface area contributed by atoms with Crippen molar-refractivity contribution in [2.45, 2.75) is 25.5 Å². The van der Waals surface area contributed by atoms with Crippen LogP contribution in [0, 0.1) is 0 Å². The summed E-state index contributed by atoms with van der Waals surface area (Å²) in [6, 6.07) is 11.0. The predicted molar refractivity (Wildman–Crippen MR) is 96.3 cm³/mol. The van der Waals surface area contributed by atoms with Crippen LogP contribution in [0.5, 0.6) is 0 Å². The molecule has 0 spiro atoms. The van der Waals surface area contributed by atoms with Gasteiger partial charge in [0.25, 0.3) is 0 Å². The Kier molecular flexibility index (Phi) is 6.01. The van der Waals surface area contributed by atoms with Gasteiger partial charge in [-0.05, 0) is 49.1 Å². The number of aliphatic hydroxyl groups is 1. The molecule has 6 heteroatoms. The molecule has 1 aromatic heterocycles. The SMILES string of the molecule is CC(CC(O)c1cccs1)NC(=O)Nc1ccc(N(C)C)cc1. The maximum absolute atomic E-state index is 12.0. The third-order valence-electron chi connectivity index (χ3n) is 3.47. The van der Waals surface area contributed by atoms with Crippen molar-refractivity contribution in [3.63, 3.8) is 0 Å². The van der Waals surface area contributed by atoms with E-state index < -0.39 is 6.10 Å². The van der Waals surface area contributed by atoms with Gasteiger partial charge in [-0.25, -0.2) is 4.79 Å². The lowest BCUT2D eigenvalue weighted by molar-refractivity contribution is 0.158. The average Bonchev–Trinajstić information content (AvgIpc) is 3.01. The molecule has 0 radical (unpaired) electrons. The summed E-state index contributed by atoms with van der Waals surface area (Å²) in [5.74, 6) is 0. The fourth-order valence-corrected chi connectivity index (χ4v) is 2.95. The molecule has 0 aliphatic carbocycles. The molecule has 2 aromatic rings. The third kappa shape index (κ3) is 5.26. The second-order valence-electron chi connectivity index (χ2n) is 5.71. The van der Waals surface area contributed by atoms with E-state index in [1.165, 1.54) is 11.3 Å². The van der Waals surface area contributed by atoms with Crippen molar-refractivity contribution in [1.82, 2.24) is 5.32 Å². The second kappa shape index (κ2) is 7.99. The fraction of sp³-hybridized carbons (Fsp3) is 0.353. The normalized spacial score (nSPS) is 13.2. The van der Waals surface area contributed by atoms with Crippen molar-refractivity contribution in [3.05, 3.63) is 46.7 Å². The zero-order chi connectivity index (χ0) is 16.8. The number of urea groups is 1. The Balaban J connectivity index is 1.81. The Morgan fingerprint density at radius 2 is 1.96 bits per heavy atom. The number of aliphatic hydroxyl groups excluding tert-OH is 1. The number of thiophene rings is 1. The molecule has 3 N–H and O–H groups in total. The second-order valence-corrected chi connectivity index (χ2v) is 6.69. The van der Waals surface area contributed by atoms with Gasteiger partial charge in [-0.1, -0.05) is 6.07 Å². The number of hydrogen-bond acceptors (Lipinski definition) is 4. The Morgan fingerprint density at radius 3 is 2.52 bits per heavy atom. The van der Waals surface area contributed by atoms with Crippen LogP contribution in [0.4, 0.5) is 16.2 Å². The molecule has 5 nitrogen and oxygen atoms in total. The maximum Gasteiger partial charge on any atom is 0.319 e. The standard InChI is InChI=1S/C17H23N3O2S/c1-12(11-15(21)16-5-4-10-23-16)18-17(22)19-13-6-8-14(9-7-13)20(2)3/h4-10,12,15,21H,11H2,1-3H3,(H2,18,19,22). The minimum Gasteiger partial charge on any atom is -0.387 e. The molecule has 2 rings (SSSR count). The van der Waals surface area contributed by atoms with Gasteiger partial charge in [-0.3, -0.25) is 0 Å². The maximum atomic E-state index is 12.0. The van der Waals surface area contributed by atoms with Gasteiger partial charge < -0.3 is 20.6 Å². The minimum absolute atomic E-state index is 0.131. The van der Waals surface area contributed by atoms with Crippen LogP contribution in [-0.2, 0) is 0 Å². The molecule has 2 unspecified atom stereocenters. The fourth-order valence-electron chi connectivity index (χ4n) is 2.22. The highest BCUT2D eigenvalue weighted by Crippen LogP contribution is 2.23. The molecule has 0 aliphatic rings. The first-order valence-electron chi connectivity index (χ1n) is 7.52. The van der Waals surface area contributed by atoms with Crippen molar-refractivity contribution in [3.8, 4) is 0 Å². The van der Waals surface area contributed by atoms with Crippen LogP contribution in [-0.4, -0.2) is 31.3 Å². The van der Waals surface area contributed by atoms with Crippen molar-refractivity contribution >= 4 is 28.7 Å². The van der Waals surface area contributed by atoms with Crippen LogP contribution in [0.25, 0.3) is 0 Å². The van der Waals surface area contributed by atoms with E-state index in [1.54, 1.807) is 0 Å². The number of rotatable bonds is 6. The summed E-state index contributed by atoms with van der Waals surface area (Å²) in [6.07, 6.45) is -0.0716. The van der Waals surface area contributed by atoms with E-state index in [2.05, 4.69) is 10.6 Å². The van der Waals surface area contributed by atoms with Crippen LogP contribution >= 0.6 is 11.3 Å². The summed E-state index contributed by atoms with van der Waals surface area (Å²) in [5, 5.41) is 17.7. The summed E-state index contributed by atoms with van der Waals surface area (Å²) in [5.41, 5.74) is 1.81. The van der Waals surface area contributed by atoms with E-state index in [4.69, 9.17) is 0 Å². The van der Waals surface area contributed by atoms with Crippen LogP contribution in [0.2, 0.25) is 0 Å². The summed E-state index contributed by atoms with van der Waals surface area (Å²) in [7, 11) is 3.94. The lowest BCUT2D eigenvalue weighted by atomic mass is 10.1. The van der Waals surface area contributed by atoms with Gasteiger partial charge >= 0.3 is 6.03 Å². The summed E-state index contributed by atoms with van der Waals surface area (Å²) in [4.78, 5) is 14.9. The largest absolute Gasteiger partial charge is 0.387 e. The molecule has 1 heterocycles. The number of nitrogens with zero attached hydrogens (tertiary/aromatic N) is 1. The topological polar surface area (TPSA) is 64.6 Å². The summed E-state index contributed by atoms with van der Waals surface area (Å²) in [6.45, 7) is 1.88. The molecule has 2 atom stereocenters. The van der Waals surface area contributed by atoms with Gasteiger partial charge in [-0.15, -0.1) is 11.3 Å². The van der Waals surface area contributed by atoms with E-state index >= 15 is 0 Å². The number of carbonyl (C=O) groups excluding carboxylic acids is 1. The first-order valence-corrected chi connectivity index (χ1v) is 8.40. The highest BCUT2D eigenvalue weighted by Gasteiger charge is 2.15. The zero-order valence-electron chi connectivity index (χ0n) is 13.6. The van der Waals surface area contributed by atoms with E-state index in [1.807, 2.05) is 67.7 Å². The van der Waals surface area contributed by atoms with Crippen LogP contribution in [0.15, 0.2) is 41.8 Å². The highest BCUT2D eigenvalue weighted by atomic mass is 32.1. The van der Waals surface area contributed by atoms with Crippen LogP contribution in [0.3, 0.4) is 0 Å². The van der Waals surface area contributed by atoms with Crippen LogP contribution < -0.4 is 15.5 Å². The number of hydrogen-bond donors (Lipinski definition) is 3. The molecule has 0 aliphatic heterocycles. The lowest BCUT2D eigenvalue weighted by Gasteiger charge is -2.18. The molecule has 0 saturated heterocycles. The van der Waals surface area contributed by atoms with E-state index in [0.29, 0.717) is 6.42 Å². The first kappa shape index (κ1) is 17.3. The van der Waals surface area contributed by atoms with Crippen molar-refractivity contribution in [2.24, 2.45) is 0 Å². The van der Waals surface area contributed by atoms with E-state index in [-0.39, 0.29) is 12.1 Å². The van der Waals surface area contributed by atoms with E-state index in [9.17, 15) is 9.90 Å². The Labute approximate surface area is 140 Å². The average molecular weight is 333 g/mol. The Hall–Kier alpha value is -2.05. The van der Waals surface area contributed by atoms with Gasteiger partial charge in [0.1, 0.15) is 0 Å². The molecular weight excluding hydrogens is 310 g/mol. The molecule has 0 bridgehead atoms. The molecule has 2 amide bonds. The lowest BCUT2D eigenvalue weighted by Crippen LogP contribution is -2.36. The Bertz CT molecular complexity index is 611. The first-order chi connectivity index (χ1) is 11.0. The van der Waals surface area contributed by atoms with Gasteiger partial charge in [0.05, 0.1) is 6.10 Å². The minimum atomic E-state index is -0.551. The summed E-state index contributed by atoms with van der Waals surface area (Å²) < 4.78 is 0. The number of anilines is 2. The van der Waals surface area contributed by atoms with Gasteiger partial charge in [0.2, 0.25) is 0 Å². The predicted octanol–water partition coefficient (Wildman–Crippen LogP) is 3.45. The smallest absolute Gasteiger partial charge is 0.319 e. The van der Waals surface area contributed by atoms with Gasteiger partial charge in [-0.2, -0.15) is 0 Å². The molecule has 23 heavy (non-hydrogen) atoms. The van der Waals surface area contributed by atoms with E-state index in [0.717, 1.165) is 16.3 Å². The van der Waals surface area contributed by atoms with Crippen molar-refractivity contribution in [1.29, 1.82) is 0 Å². The number of benzene rings is 1. The molecular formula is C17H23N3O2S. The molecule has 1 aromatic carbocycles. The van der Waals surface area contributed by atoms with Gasteiger partial charge in [0.15, 0.2) is 0 Å². The van der Waals surface area contributed by atoms with Crippen molar-refractivity contribution < 1.29 is 9.90 Å². The number of nitrogens with one attached hydrogen (secondary N) is 2. The number of amides is 2. The monoisotopic (exact) mass is 333 g/mol. The molecule has 0 saturated carbocycles. The summed E-state index contributed by atoms with van der Waals surface area (Å²) >= 11 is 1.52. The molecule has 124 valence electrons. The van der Waals surface area contributed by atoms with Crippen LogP contribution in [0.1, 0.15) is 24.3 Å². The van der Waals surface area contributed by atoms with Gasteiger partial charge in [0, 0.05) is 36.4 Å². The Morgan fingerprint density at radius 1 is 1.26 bits per heavy atom. The highest BCUT2D eigenvalue weighted by molar-refractivity contribution is 7.10.